The van der Waals surface area contributed by atoms with Gasteiger partial charge < -0.3 is 15.3 Å². The number of carbonyl (C=O) groups excluding carboxylic acids is 1. The SMILES string of the molecule is CC(C)=CC/C=C(\C)C(CC=C(C)C)Cc1c(O)cc(O)c(C(=O)c2ccccc2)c1O. The van der Waals surface area contributed by atoms with Gasteiger partial charge in [0, 0.05) is 17.2 Å². The topological polar surface area (TPSA) is 77.8 Å². The Labute approximate surface area is 191 Å². The molecule has 0 aromatic heterocycles. The Morgan fingerprint density at radius 2 is 1.50 bits per heavy atom. The van der Waals surface area contributed by atoms with Crippen LogP contribution < -0.4 is 0 Å². The Kier molecular flexibility index (Phi) is 8.89. The fourth-order valence-corrected chi connectivity index (χ4v) is 3.54. The summed E-state index contributed by atoms with van der Waals surface area (Å²) in [7, 11) is 0. The number of ketones is 1. The minimum absolute atomic E-state index is 0.0245. The van der Waals surface area contributed by atoms with Gasteiger partial charge in [-0.25, -0.2) is 0 Å². The van der Waals surface area contributed by atoms with Crippen molar-refractivity contribution in [2.24, 2.45) is 5.92 Å². The van der Waals surface area contributed by atoms with Gasteiger partial charge in [-0.1, -0.05) is 65.3 Å². The molecule has 3 N–H and O–H groups in total. The van der Waals surface area contributed by atoms with Gasteiger partial charge in [0.05, 0.1) is 0 Å². The fraction of sp³-hybridized carbons (Fsp3) is 0.321. The maximum Gasteiger partial charge on any atom is 0.200 e. The third-order valence-corrected chi connectivity index (χ3v) is 5.50. The lowest BCUT2D eigenvalue weighted by Crippen LogP contribution is -2.09. The molecule has 1 atom stereocenters. The quantitative estimate of drug-likeness (QED) is 0.298. The number of benzene rings is 2. The van der Waals surface area contributed by atoms with Gasteiger partial charge in [0.2, 0.25) is 5.78 Å². The number of aromatic hydroxyl groups is 3. The van der Waals surface area contributed by atoms with Crippen LogP contribution in [0.15, 0.2) is 71.3 Å². The summed E-state index contributed by atoms with van der Waals surface area (Å²) in [5.74, 6) is -1.48. The standard InChI is InChI=1S/C28H34O4/c1-18(2)10-9-11-20(5)22(15-14-19(3)4)16-23-24(29)17-25(30)26(28(23)32)27(31)21-12-7-6-8-13-21/h6-8,10-14,17,22,29-30,32H,9,15-16H2,1-5H3/b20-11+. The molecule has 0 amide bonds. The molecule has 4 nitrogen and oxygen atoms in total. The predicted octanol–water partition coefficient (Wildman–Crippen LogP) is 6.85. The Hall–Kier alpha value is -3.27. The summed E-state index contributed by atoms with van der Waals surface area (Å²) < 4.78 is 0. The van der Waals surface area contributed by atoms with Crippen LogP contribution in [0.25, 0.3) is 0 Å². The van der Waals surface area contributed by atoms with Crippen molar-refractivity contribution in [1.29, 1.82) is 0 Å². The Morgan fingerprint density at radius 3 is 2.09 bits per heavy atom. The molecule has 1 unspecified atom stereocenters. The van der Waals surface area contributed by atoms with Gasteiger partial charge in [0.15, 0.2) is 0 Å². The van der Waals surface area contributed by atoms with E-state index in [-0.39, 0.29) is 28.5 Å². The van der Waals surface area contributed by atoms with Crippen LogP contribution in [0.3, 0.4) is 0 Å². The molecular weight excluding hydrogens is 400 g/mol. The molecule has 0 spiro atoms. The molecule has 0 radical (unpaired) electrons. The van der Waals surface area contributed by atoms with Gasteiger partial charge in [0.1, 0.15) is 22.8 Å². The zero-order valence-corrected chi connectivity index (χ0v) is 19.6. The summed E-state index contributed by atoms with van der Waals surface area (Å²) in [5.41, 5.74) is 4.01. The predicted molar refractivity (Wildman–Crippen MR) is 130 cm³/mol. The molecule has 0 aliphatic heterocycles. The first-order valence-corrected chi connectivity index (χ1v) is 10.9. The van der Waals surface area contributed by atoms with Crippen LogP contribution in [-0.4, -0.2) is 21.1 Å². The average Bonchev–Trinajstić information content (AvgIpc) is 2.73. The van der Waals surface area contributed by atoms with E-state index in [2.05, 4.69) is 32.1 Å². The lowest BCUT2D eigenvalue weighted by molar-refractivity contribution is 0.103. The minimum atomic E-state index is -0.487. The van der Waals surface area contributed by atoms with Crippen molar-refractivity contribution >= 4 is 5.78 Å². The number of phenolic OH excluding ortho intramolecular Hbond substituents is 3. The molecule has 170 valence electrons. The summed E-state index contributed by atoms with van der Waals surface area (Å²) >= 11 is 0. The maximum absolute atomic E-state index is 13.0. The lowest BCUT2D eigenvalue weighted by atomic mass is 9.86. The van der Waals surface area contributed by atoms with Crippen LogP contribution in [0.5, 0.6) is 17.2 Å². The van der Waals surface area contributed by atoms with E-state index >= 15 is 0 Å². The molecule has 0 bridgehead atoms. The number of phenols is 3. The van der Waals surface area contributed by atoms with Crippen LogP contribution in [0.2, 0.25) is 0 Å². The highest BCUT2D eigenvalue weighted by molar-refractivity contribution is 6.12. The zero-order valence-electron chi connectivity index (χ0n) is 19.6. The van der Waals surface area contributed by atoms with Crippen molar-refractivity contribution in [3.63, 3.8) is 0 Å². The first kappa shape index (κ1) is 25.0. The maximum atomic E-state index is 13.0. The second-order valence-corrected chi connectivity index (χ2v) is 8.70. The molecule has 0 aliphatic rings. The van der Waals surface area contributed by atoms with Crippen molar-refractivity contribution in [3.8, 4) is 17.2 Å². The van der Waals surface area contributed by atoms with Crippen LogP contribution in [0.1, 0.15) is 68.9 Å². The molecule has 2 aromatic carbocycles. The van der Waals surface area contributed by atoms with E-state index in [1.165, 1.54) is 11.1 Å². The highest BCUT2D eigenvalue weighted by Gasteiger charge is 2.25. The van der Waals surface area contributed by atoms with E-state index in [1.807, 2.05) is 20.8 Å². The van der Waals surface area contributed by atoms with Crippen LogP contribution in [-0.2, 0) is 6.42 Å². The highest BCUT2D eigenvalue weighted by Crippen LogP contribution is 2.41. The van der Waals surface area contributed by atoms with E-state index in [0.717, 1.165) is 24.5 Å². The Morgan fingerprint density at radius 1 is 0.875 bits per heavy atom. The monoisotopic (exact) mass is 434 g/mol. The number of hydrogen-bond donors (Lipinski definition) is 3. The van der Waals surface area contributed by atoms with Crippen LogP contribution in [0.4, 0.5) is 0 Å². The van der Waals surface area contributed by atoms with Gasteiger partial charge in [-0.05, 0) is 59.8 Å². The van der Waals surface area contributed by atoms with E-state index in [1.54, 1.807) is 30.3 Å². The third kappa shape index (κ3) is 6.61. The first-order valence-electron chi connectivity index (χ1n) is 10.9. The molecule has 0 saturated carbocycles. The summed E-state index contributed by atoms with van der Waals surface area (Å²) in [4.78, 5) is 13.0. The summed E-state index contributed by atoms with van der Waals surface area (Å²) in [6.45, 7) is 10.2. The second-order valence-electron chi connectivity index (χ2n) is 8.70. The number of allylic oxidation sites excluding steroid dienone is 6. The molecule has 0 saturated heterocycles. The van der Waals surface area contributed by atoms with E-state index in [9.17, 15) is 20.1 Å². The molecule has 4 heteroatoms. The average molecular weight is 435 g/mol. The molecule has 2 rings (SSSR count). The largest absolute Gasteiger partial charge is 0.507 e. The third-order valence-electron chi connectivity index (χ3n) is 5.50. The molecule has 0 fully saturated rings. The zero-order chi connectivity index (χ0) is 23.8. The van der Waals surface area contributed by atoms with Crippen molar-refractivity contribution in [2.45, 2.75) is 53.9 Å². The minimum Gasteiger partial charge on any atom is -0.507 e. The normalized spacial score (nSPS) is 12.2. The number of rotatable bonds is 9. The molecule has 0 heterocycles. The van der Waals surface area contributed by atoms with Gasteiger partial charge in [0.25, 0.3) is 0 Å². The van der Waals surface area contributed by atoms with Gasteiger partial charge >= 0.3 is 0 Å². The molecule has 0 aliphatic carbocycles. The Balaban J connectivity index is 2.47. The van der Waals surface area contributed by atoms with E-state index < -0.39 is 11.5 Å². The Bertz CT molecular complexity index is 1030. The second kappa shape index (κ2) is 11.4. The van der Waals surface area contributed by atoms with Crippen molar-refractivity contribution in [2.75, 3.05) is 0 Å². The molecular formula is C28H34O4. The van der Waals surface area contributed by atoms with E-state index in [0.29, 0.717) is 12.0 Å². The van der Waals surface area contributed by atoms with Gasteiger partial charge in [-0.3, -0.25) is 4.79 Å². The molecule has 32 heavy (non-hydrogen) atoms. The fourth-order valence-electron chi connectivity index (χ4n) is 3.54. The summed E-state index contributed by atoms with van der Waals surface area (Å²) in [6, 6.07) is 9.63. The van der Waals surface area contributed by atoms with Crippen molar-refractivity contribution in [1.82, 2.24) is 0 Å². The molecule has 2 aromatic rings. The highest BCUT2D eigenvalue weighted by atomic mass is 16.3. The summed E-state index contributed by atoms with van der Waals surface area (Å²) in [5, 5.41) is 31.8. The number of hydrogen-bond acceptors (Lipinski definition) is 4. The van der Waals surface area contributed by atoms with Gasteiger partial charge in [-0.2, -0.15) is 0 Å². The number of carbonyl (C=O) groups is 1. The van der Waals surface area contributed by atoms with Crippen molar-refractivity contribution in [3.05, 3.63) is 88.0 Å². The first-order chi connectivity index (χ1) is 15.1. The van der Waals surface area contributed by atoms with Crippen LogP contribution >= 0.6 is 0 Å². The van der Waals surface area contributed by atoms with Gasteiger partial charge in [-0.15, -0.1) is 0 Å². The smallest absolute Gasteiger partial charge is 0.200 e. The lowest BCUT2D eigenvalue weighted by Gasteiger charge is -2.20. The van der Waals surface area contributed by atoms with Crippen molar-refractivity contribution < 1.29 is 20.1 Å². The van der Waals surface area contributed by atoms with Crippen LogP contribution in [0, 0.1) is 5.92 Å². The van der Waals surface area contributed by atoms with E-state index in [4.69, 9.17) is 0 Å². The summed E-state index contributed by atoms with van der Waals surface area (Å²) in [6.07, 6.45) is 8.32.